The number of hydrogen-bond acceptors (Lipinski definition) is 2. The van der Waals surface area contributed by atoms with Gasteiger partial charge in [-0.1, -0.05) is 40.3 Å². The quantitative estimate of drug-likeness (QED) is 0.602. The number of allylic oxidation sites excluding steroid dienone is 1. The molecule has 2 nitrogen and oxygen atoms in total. The molecular formula is C14H27NO. The molecule has 0 saturated carbocycles. The molecule has 0 aliphatic rings. The van der Waals surface area contributed by atoms with Gasteiger partial charge in [-0.25, -0.2) is 0 Å². The summed E-state index contributed by atoms with van der Waals surface area (Å²) in [6, 6.07) is 0.171. The van der Waals surface area contributed by atoms with Crippen molar-refractivity contribution in [1.82, 2.24) is 5.32 Å². The summed E-state index contributed by atoms with van der Waals surface area (Å²) in [5, 5.41) is 3.42. The minimum atomic E-state index is 0.171. The summed E-state index contributed by atoms with van der Waals surface area (Å²) in [5.74, 6) is 1.27. The fraction of sp³-hybridized carbons (Fsp3) is 0.714. The van der Waals surface area contributed by atoms with E-state index in [9.17, 15) is 0 Å². The van der Waals surface area contributed by atoms with Gasteiger partial charge in [0, 0.05) is 5.70 Å². The summed E-state index contributed by atoms with van der Waals surface area (Å²) in [6.45, 7) is 17.2. The Labute approximate surface area is 101 Å². The second-order valence-corrected chi connectivity index (χ2v) is 4.47. The van der Waals surface area contributed by atoms with Crippen molar-refractivity contribution in [3.8, 4) is 0 Å². The monoisotopic (exact) mass is 225 g/mol. The first-order valence-corrected chi connectivity index (χ1v) is 6.28. The third-order valence-electron chi connectivity index (χ3n) is 2.54. The standard InChI is InChI=1S/C14H27NO/c1-7-9-10-12(5)15-14(11(3)4)13(6)16-8-2/h11,14-15H,5-10H2,1-4H3. The minimum absolute atomic E-state index is 0.171. The van der Waals surface area contributed by atoms with Crippen LogP contribution in [-0.4, -0.2) is 12.6 Å². The van der Waals surface area contributed by atoms with Crippen LogP contribution >= 0.6 is 0 Å². The summed E-state index contributed by atoms with van der Waals surface area (Å²) < 4.78 is 5.47. The smallest absolute Gasteiger partial charge is 0.111 e. The van der Waals surface area contributed by atoms with Crippen molar-refractivity contribution < 1.29 is 4.74 Å². The molecule has 0 amide bonds. The van der Waals surface area contributed by atoms with Gasteiger partial charge < -0.3 is 10.1 Å². The summed E-state index contributed by atoms with van der Waals surface area (Å²) in [7, 11) is 0. The van der Waals surface area contributed by atoms with Gasteiger partial charge in [0.05, 0.1) is 12.6 Å². The molecule has 1 atom stereocenters. The maximum Gasteiger partial charge on any atom is 0.111 e. The maximum atomic E-state index is 5.47. The molecule has 0 saturated heterocycles. The summed E-state index contributed by atoms with van der Waals surface area (Å²) >= 11 is 0. The normalized spacial score (nSPS) is 12.3. The summed E-state index contributed by atoms with van der Waals surface area (Å²) in [6.07, 6.45) is 3.40. The Morgan fingerprint density at radius 3 is 2.31 bits per heavy atom. The highest BCUT2D eigenvalue weighted by molar-refractivity contribution is 5.05. The first-order chi connectivity index (χ1) is 7.52. The highest BCUT2D eigenvalue weighted by Gasteiger charge is 2.17. The first-order valence-electron chi connectivity index (χ1n) is 6.28. The van der Waals surface area contributed by atoms with Gasteiger partial charge in [-0.05, 0) is 25.7 Å². The van der Waals surface area contributed by atoms with Crippen molar-refractivity contribution >= 4 is 0 Å². The van der Waals surface area contributed by atoms with Crippen LogP contribution in [0.3, 0.4) is 0 Å². The van der Waals surface area contributed by atoms with E-state index in [0.29, 0.717) is 12.5 Å². The number of unbranched alkanes of at least 4 members (excludes halogenated alkanes) is 1. The molecule has 16 heavy (non-hydrogen) atoms. The molecule has 0 radical (unpaired) electrons. The lowest BCUT2D eigenvalue weighted by Gasteiger charge is -2.26. The van der Waals surface area contributed by atoms with Gasteiger partial charge in [0.1, 0.15) is 5.76 Å². The zero-order valence-electron chi connectivity index (χ0n) is 11.3. The van der Waals surface area contributed by atoms with Crippen LogP contribution in [0.2, 0.25) is 0 Å². The molecule has 1 N–H and O–H groups in total. The van der Waals surface area contributed by atoms with E-state index in [0.717, 1.165) is 17.9 Å². The van der Waals surface area contributed by atoms with Crippen LogP contribution in [0.25, 0.3) is 0 Å². The largest absolute Gasteiger partial charge is 0.497 e. The number of ether oxygens (including phenoxy) is 1. The van der Waals surface area contributed by atoms with Gasteiger partial charge in [0.15, 0.2) is 0 Å². The van der Waals surface area contributed by atoms with E-state index in [1.54, 1.807) is 0 Å². The van der Waals surface area contributed by atoms with Gasteiger partial charge in [-0.2, -0.15) is 0 Å². The zero-order valence-corrected chi connectivity index (χ0v) is 11.3. The second-order valence-electron chi connectivity index (χ2n) is 4.47. The highest BCUT2D eigenvalue weighted by Crippen LogP contribution is 2.15. The molecule has 1 unspecified atom stereocenters. The van der Waals surface area contributed by atoms with Crippen molar-refractivity contribution in [3.63, 3.8) is 0 Å². The fourth-order valence-corrected chi connectivity index (χ4v) is 1.58. The first kappa shape index (κ1) is 15.1. The second kappa shape index (κ2) is 8.26. The van der Waals surface area contributed by atoms with Crippen molar-refractivity contribution in [2.24, 2.45) is 5.92 Å². The molecule has 94 valence electrons. The summed E-state index contributed by atoms with van der Waals surface area (Å²) in [4.78, 5) is 0. The van der Waals surface area contributed by atoms with E-state index in [4.69, 9.17) is 4.74 Å². The Morgan fingerprint density at radius 2 is 1.88 bits per heavy atom. The molecule has 0 aromatic heterocycles. The molecule has 0 spiro atoms. The van der Waals surface area contributed by atoms with Gasteiger partial charge in [0.25, 0.3) is 0 Å². The average Bonchev–Trinajstić information content (AvgIpc) is 2.22. The van der Waals surface area contributed by atoms with Crippen LogP contribution < -0.4 is 5.32 Å². The van der Waals surface area contributed by atoms with Crippen LogP contribution in [0.4, 0.5) is 0 Å². The molecule has 0 fully saturated rings. The van der Waals surface area contributed by atoms with Gasteiger partial charge in [0.2, 0.25) is 0 Å². The lowest BCUT2D eigenvalue weighted by atomic mass is 10.0. The predicted molar refractivity (Wildman–Crippen MR) is 71.2 cm³/mol. The molecule has 0 aliphatic carbocycles. The lowest BCUT2D eigenvalue weighted by Crippen LogP contribution is -2.35. The lowest BCUT2D eigenvalue weighted by molar-refractivity contribution is 0.189. The van der Waals surface area contributed by atoms with Gasteiger partial charge >= 0.3 is 0 Å². The average molecular weight is 225 g/mol. The molecule has 0 rings (SSSR count). The Kier molecular flexibility index (Phi) is 7.78. The van der Waals surface area contributed by atoms with E-state index in [1.165, 1.54) is 12.8 Å². The molecule has 0 heterocycles. The Hall–Kier alpha value is -0.920. The van der Waals surface area contributed by atoms with Crippen molar-refractivity contribution in [2.45, 2.75) is 53.0 Å². The Bertz CT molecular complexity index is 221. The molecule has 0 aromatic carbocycles. The molecule has 0 aliphatic heterocycles. The fourth-order valence-electron chi connectivity index (χ4n) is 1.58. The van der Waals surface area contributed by atoms with Crippen LogP contribution in [0.15, 0.2) is 24.6 Å². The van der Waals surface area contributed by atoms with Crippen LogP contribution in [0.5, 0.6) is 0 Å². The van der Waals surface area contributed by atoms with E-state index in [1.807, 2.05) is 6.92 Å². The number of rotatable bonds is 9. The number of nitrogens with one attached hydrogen (secondary N) is 1. The molecular weight excluding hydrogens is 198 g/mol. The van der Waals surface area contributed by atoms with E-state index in [-0.39, 0.29) is 6.04 Å². The van der Waals surface area contributed by atoms with E-state index < -0.39 is 0 Å². The van der Waals surface area contributed by atoms with Crippen LogP contribution in [0, 0.1) is 5.92 Å². The minimum Gasteiger partial charge on any atom is -0.497 e. The molecule has 0 aromatic rings. The van der Waals surface area contributed by atoms with Crippen molar-refractivity contribution in [3.05, 3.63) is 24.6 Å². The van der Waals surface area contributed by atoms with Crippen molar-refractivity contribution in [2.75, 3.05) is 6.61 Å². The maximum absolute atomic E-state index is 5.47. The number of hydrogen-bond donors (Lipinski definition) is 1. The van der Waals surface area contributed by atoms with Gasteiger partial charge in [-0.15, -0.1) is 0 Å². The van der Waals surface area contributed by atoms with Crippen LogP contribution in [-0.2, 0) is 4.74 Å². The van der Waals surface area contributed by atoms with Crippen molar-refractivity contribution in [1.29, 1.82) is 0 Å². The van der Waals surface area contributed by atoms with Crippen LogP contribution in [0.1, 0.15) is 47.0 Å². The predicted octanol–water partition coefficient (Wildman–Crippen LogP) is 3.85. The topological polar surface area (TPSA) is 21.3 Å². The summed E-state index contributed by atoms with van der Waals surface area (Å²) in [5.41, 5.74) is 1.08. The Morgan fingerprint density at radius 1 is 1.25 bits per heavy atom. The highest BCUT2D eigenvalue weighted by atomic mass is 16.5. The van der Waals surface area contributed by atoms with E-state index in [2.05, 4.69) is 39.2 Å². The molecule has 2 heteroatoms. The third-order valence-corrected chi connectivity index (χ3v) is 2.54. The Balaban J connectivity index is 4.22. The third kappa shape index (κ3) is 5.84. The SMILES string of the molecule is C=C(CCCC)NC(C(=C)OCC)C(C)C. The van der Waals surface area contributed by atoms with E-state index >= 15 is 0 Å². The zero-order chi connectivity index (χ0) is 12.6. The molecule has 0 bridgehead atoms. The van der Waals surface area contributed by atoms with Gasteiger partial charge in [-0.3, -0.25) is 0 Å².